The van der Waals surface area contributed by atoms with E-state index in [1.807, 2.05) is 19.0 Å². The molecule has 0 aliphatic heterocycles. The highest BCUT2D eigenvalue weighted by Crippen LogP contribution is 2.32. The van der Waals surface area contributed by atoms with E-state index in [1.165, 1.54) is 0 Å². The highest BCUT2D eigenvalue weighted by atomic mass is 16.4. The number of carboxylic acids is 1. The first-order chi connectivity index (χ1) is 9.35. The number of hydrogen-bond donors (Lipinski definition) is 3. The van der Waals surface area contributed by atoms with Crippen LogP contribution in [0, 0.1) is 5.92 Å². The van der Waals surface area contributed by atoms with Gasteiger partial charge in [-0.05, 0) is 58.7 Å². The van der Waals surface area contributed by atoms with Crippen LogP contribution in [0.5, 0.6) is 0 Å². The molecule has 0 saturated heterocycles. The van der Waals surface area contributed by atoms with Crippen LogP contribution >= 0.6 is 0 Å². The van der Waals surface area contributed by atoms with Crippen molar-refractivity contribution in [3.05, 3.63) is 0 Å². The van der Waals surface area contributed by atoms with Gasteiger partial charge in [0.2, 0.25) is 0 Å². The van der Waals surface area contributed by atoms with Gasteiger partial charge in [0.25, 0.3) is 0 Å². The van der Waals surface area contributed by atoms with Crippen LogP contribution in [-0.2, 0) is 4.79 Å². The van der Waals surface area contributed by atoms with Crippen molar-refractivity contribution in [2.75, 3.05) is 27.2 Å². The Kier molecular flexibility index (Phi) is 6.26. The second kappa shape index (κ2) is 7.47. The van der Waals surface area contributed by atoms with Gasteiger partial charge in [-0.15, -0.1) is 0 Å². The van der Waals surface area contributed by atoms with Crippen LogP contribution in [0.1, 0.15) is 39.0 Å². The van der Waals surface area contributed by atoms with Crippen LogP contribution in [0.2, 0.25) is 0 Å². The molecule has 6 heteroatoms. The Balaban J connectivity index is 2.42. The summed E-state index contributed by atoms with van der Waals surface area (Å²) in [4.78, 5) is 25.4. The van der Waals surface area contributed by atoms with Crippen molar-refractivity contribution < 1.29 is 14.7 Å². The van der Waals surface area contributed by atoms with E-state index in [4.69, 9.17) is 0 Å². The summed E-state index contributed by atoms with van der Waals surface area (Å²) in [6.07, 6.45) is 3.54. The number of nitrogens with one attached hydrogen (secondary N) is 2. The monoisotopic (exact) mass is 285 g/mol. The van der Waals surface area contributed by atoms with Crippen molar-refractivity contribution in [3.8, 4) is 0 Å². The van der Waals surface area contributed by atoms with Crippen LogP contribution in [0.25, 0.3) is 0 Å². The van der Waals surface area contributed by atoms with Gasteiger partial charge in [0.1, 0.15) is 5.54 Å². The van der Waals surface area contributed by atoms with E-state index in [9.17, 15) is 14.7 Å². The molecule has 1 saturated carbocycles. The van der Waals surface area contributed by atoms with Gasteiger partial charge < -0.3 is 20.6 Å². The Morgan fingerprint density at radius 2 is 1.90 bits per heavy atom. The first-order valence-corrected chi connectivity index (χ1v) is 7.30. The maximum atomic E-state index is 11.8. The molecule has 6 nitrogen and oxygen atoms in total. The fourth-order valence-electron chi connectivity index (χ4n) is 2.51. The van der Waals surface area contributed by atoms with Crippen molar-refractivity contribution in [3.63, 3.8) is 0 Å². The largest absolute Gasteiger partial charge is 0.480 e. The molecule has 0 bridgehead atoms. The third-order valence-corrected chi connectivity index (χ3v) is 3.96. The molecule has 3 N–H and O–H groups in total. The van der Waals surface area contributed by atoms with Gasteiger partial charge in [-0.3, -0.25) is 0 Å². The fourth-order valence-corrected chi connectivity index (χ4v) is 2.51. The SMILES string of the molecule is CC1CCC(NC(=O)NCCCN(C)C)(C(=O)O)CC1. The summed E-state index contributed by atoms with van der Waals surface area (Å²) >= 11 is 0. The minimum atomic E-state index is -1.09. The summed E-state index contributed by atoms with van der Waals surface area (Å²) in [5.74, 6) is -0.389. The van der Waals surface area contributed by atoms with Gasteiger partial charge in [0.05, 0.1) is 0 Å². The highest BCUT2D eigenvalue weighted by molar-refractivity contribution is 5.86. The van der Waals surface area contributed by atoms with E-state index in [1.54, 1.807) is 0 Å². The van der Waals surface area contributed by atoms with Gasteiger partial charge in [0, 0.05) is 6.54 Å². The molecule has 1 rings (SSSR count). The number of nitrogens with zero attached hydrogens (tertiary/aromatic N) is 1. The van der Waals surface area contributed by atoms with Crippen molar-refractivity contribution >= 4 is 12.0 Å². The summed E-state index contributed by atoms with van der Waals surface area (Å²) in [7, 11) is 3.95. The molecule has 0 aromatic rings. The third-order valence-electron chi connectivity index (χ3n) is 3.96. The van der Waals surface area contributed by atoms with E-state index in [0.717, 1.165) is 25.8 Å². The number of carbonyl (C=O) groups excluding carboxylic acids is 1. The van der Waals surface area contributed by atoms with E-state index in [0.29, 0.717) is 25.3 Å². The summed E-state index contributed by atoms with van der Waals surface area (Å²) in [6, 6.07) is -0.374. The first kappa shape index (κ1) is 16.8. The van der Waals surface area contributed by atoms with Gasteiger partial charge >= 0.3 is 12.0 Å². The third kappa shape index (κ3) is 5.00. The second-order valence-corrected chi connectivity index (χ2v) is 6.11. The van der Waals surface area contributed by atoms with Gasteiger partial charge in [-0.1, -0.05) is 6.92 Å². The quantitative estimate of drug-likeness (QED) is 0.642. The molecule has 0 aromatic heterocycles. The highest BCUT2D eigenvalue weighted by Gasteiger charge is 2.42. The number of rotatable bonds is 6. The predicted molar refractivity (Wildman–Crippen MR) is 77.7 cm³/mol. The lowest BCUT2D eigenvalue weighted by molar-refractivity contribution is -0.146. The smallest absolute Gasteiger partial charge is 0.329 e. The van der Waals surface area contributed by atoms with Crippen LogP contribution in [0.3, 0.4) is 0 Å². The maximum Gasteiger partial charge on any atom is 0.329 e. The summed E-state index contributed by atoms with van der Waals surface area (Å²) in [6.45, 7) is 3.56. The van der Waals surface area contributed by atoms with E-state index in [2.05, 4.69) is 17.6 Å². The number of aliphatic carboxylic acids is 1. The number of hydrogen-bond acceptors (Lipinski definition) is 3. The normalized spacial score (nSPS) is 26.3. The molecule has 1 aliphatic carbocycles. The van der Waals surface area contributed by atoms with Crippen LogP contribution in [0.4, 0.5) is 4.79 Å². The average molecular weight is 285 g/mol. The minimum absolute atomic E-state index is 0.374. The molecule has 116 valence electrons. The van der Waals surface area contributed by atoms with E-state index >= 15 is 0 Å². The molecule has 0 atom stereocenters. The zero-order valence-electron chi connectivity index (χ0n) is 12.7. The Labute approximate surface area is 120 Å². The molecule has 1 fully saturated rings. The molecule has 0 spiro atoms. The molecule has 2 amide bonds. The lowest BCUT2D eigenvalue weighted by atomic mass is 9.77. The molecule has 1 aliphatic rings. The van der Waals surface area contributed by atoms with Gasteiger partial charge in [0.15, 0.2) is 0 Å². The topological polar surface area (TPSA) is 81.7 Å². The standard InChI is InChI=1S/C14H27N3O3/c1-11-5-7-14(8-6-11,12(18)19)16-13(20)15-9-4-10-17(2)3/h11H,4-10H2,1-3H3,(H,18,19)(H2,15,16,20). The molecular formula is C14H27N3O3. The Bertz CT molecular complexity index is 337. The predicted octanol–water partition coefficient (Wildman–Crippen LogP) is 1.27. The fraction of sp³-hybridized carbons (Fsp3) is 0.857. The average Bonchev–Trinajstić information content (AvgIpc) is 2.37. The summed E-state index contributed by atoms with van der Waals surface area (Å²) in [5, 5.41) is 14.8. The Hall–Kier alpha value is -1.30. The molecule has 0 radical (unpaired) electrons. The first-order valence-electron chi connectivity index (χ1n) is 7.30. The number of carboxylic acid groups (broad SMARTS) is 1. The molecule has 0 heterocycles. The van der Waals surface area contributed by atoms with E-state index in [-0.39, 0.29) is 6.03 Å². The number of amides is 2. The van der Waals surface area contributed by atoms with Gasteiger partial charge in [-0.25, -0.2) is 9.59 Å². The Morgan fingerprint density at radius 3 is 2.40 bits per heavy atom. The van der Waals surface area contributed by atoms with Crippen LogP contribution < -0.4 is 10.6 Å². The summed E-state index contributed by atoms with van der Waals surface area (Å²) < 4.78 is 0. The molecule has 0 unspecified atom stereocenters. The number of carbonyl (C=O) groups is 2. The van der Waals surface area contributed by atoms with Crippen molar-refractivity contribution in [2.45, 2.75) is 44.6 Å². The second-order valence-electron chi connectivity index (χ2n) is 6.11. The van der Waals surface area contributed by atoms with Crippen LogP contribution in [-0.4, -0.2) is 54.7 Å². The summed E-state index contributed by atoms with van der Waals surface area (Å²) in [5.41, 5.74) is -1.09. The zero-order chi connectivity index (χ0) is 15.2. The van der Waals surface area contributed by atoms with Crippen LogP contribution in [0.15, 0.2) is 0 Å². The molecule has 20 heavy (non-hydrogen) atoms. The van der Waals surface area contributed by atoms with Crippen molar-refractivity contribution in [1.29, 1.82) is 0 Å². The zero-order valence-corrected chi connectivity index (χ0v) is 12.7. The molecular weight excluding hydrogens is 258 g/mol. The minimum Gasteiger partial charge on any atom is -0.480 e. The Morgan fingerprint density at radius 1 is 1.30 bits per heavy atom. The lowest BCUT2D eigenvalue weighted by Gasteiger charge is -2.36. The molecule has 0 aromatic carbocycles. The van der Waals surface area contributed by atoms with Gasteiger partial charge in [-0.2, -0.15) is 0 Å². The lowest BCUT2D eigenvalue weighted by Crippen LogP contribution is -2.58. The maximum absolute atomic E-state index is 11.8. The number of urea groups is 1. The van der Waals surface area contributed by atoms with Crippen molar-refractivity contribution in [1.82, 2.24) is 15.5 Å². The van der Waals surface area contributed by atoms with E-state index < -0.39 is 11.5 Å². The van der Waals surface area contributed by atoms with Crippen molar-refractivity contribution in [2.24, 2.45) is 5.92 Å².